The van der Waals surface area contributed by atoms with E-state index in [1.807, 2.05) is 0 Å². The van der Waals surface area contributed by atoms with Gasteiger partial charge in [0, 0.05) is 6.42 Å². The van der Waals surface area contributed by atoms with Crippen LogP contribution in [0.15, 0.2) is 34.4 Å². The standard InChI is InChI=1S/C16H15F5N2O2/c1-8-13(16(19,20)21)9(6-12(22)14(8)18)4-11(17)5-10(7-24)15(23-2)25-3/h5-7H,2,4,22H2,1,3H3/b11-5+,15-10-. The summed E-state index contributed by atoms with van der Waals surface area (Å²) < 4.78 is 72.0. The second-order valence-corrected chi connectivity index (χ2v) is 4.95. The molecule has 0 aliphatic carbocycles. The first kappa shape index (κ1) is 20.3. The predicted octanol–water partition coefficient (Wildman–Crippen LogP) is 3.89. The van der Waals surface area contributed by atoms with Crippen LogP contribution in [0.4, 0.5) is 27.6 Å². The van der Waals surface area contributed by atoms with Gasteiger partial charge in [0.2, 0.25) is 5.88 Å². The van der Waals surface area contributed by atoms with Crippen molar-refractivity contribution in [2.24, 2.45) is 4.99 Å². The van der Waals surface area contributed by atoms with Gasteiger partial charge in [0.05, 0.1) is 23.9 Å². The Kier molecular flexibility index (Phi) is 6.43. The quantitative estimate of drug-likeness (QED) is 0.159. The number of aliphatic imine (C=N–C) groups is 1. The zero-order chi connectivity index (χ0) is 19.4. The molecule has 0 amide bonds. The Morgan fingerprint density at radius 1 is 1.44 bits per heavy atom. The van der Waals surface area contributed by atoms with E-state index in [1.165, 1.54) is 0 Å². The van der Waals surface area contributed by atoms with Gasteiger partial charge in [-0.2, -0.15) is 13.2 Å². The van der Waals surface area contributed by atoms with Crippen LogP contribution < -0.4 is 5.73 Å². The van der Waals surface area contributed by atoms with E-state index in [1.54, 1.807) is 0 Å². The molecule has 0 aromatic heterocycles. The van der Waals surface area contributed by atoms with Gasteiger partial charge in [-0.05, 0) is 36.9 Å². The third-order valence-electron chi connectivity index (χ3n) is 3.27. The number of methoxy groups -OCH3 is 1. The highest BCUT2D eigenvalue weighted by Crippen LogP contribution is 2.38. The Balaban J connectivity index is 3.45. The Morgan fingerprint density at radius 2 is 2.04 bits per heavy atom. The van der Waals surface area contributed by atoms with Crippen LogP contribution in [0.1, 0.15) is 16.7 Å². The van der Waals surface area contributed by atoms with Crippen LogP contribution in [0.3, 0.4) is 0 Å². The molecule has 0 bridgehead atoms. The van der Waals surface area contributed by atoms with E-state index >= 15 is 0 Å². The van der Waals surface area contributed by atoms with Crippen molar-refractivity contribution < 1.29 is 31.5 Å². The highest BCUT2D eigenvalue weighted by molar-refractivity contribution is 5.78. The molecule has 1 aromatic rings. The number of nitrogens with two attached hydrogens (primary N) is 1. The van der Waals surface area contributed by atoms with Crippen LogP contribution in [0.25, 0.3) is 0 Å². The predicted molar refractivity (Wildman–Crippen MR) is 83.1 cm³/mol. The summed E-state index contributed by atoms with van der Waals surface area (Å²) in [5.74, 6) is -2.61. The van der Waals surface area contributed by atoms with Crippen molar-refractivity contribution in [1.29, 1.82) is 0 Å². The summed E-state index contributed by atoms with van der Waals surface area (Å²) in [6, 6.07) is 0.714. The fourth-order valence-corrected chi connectivity index (χ4v) is 2.25. The number of allylic oxidation sites excluding steroid dienone is 3. The van der Waals surface area contributed by atoms with Crippen LogP contribution in [0.2, 0.25) is 0 Å². The number of rotatable bonds is 6. The fraction of sp³-hybridized carbons (Fsp3) is 0.250. The molecule has 0 aliphatic heterocycles. The van der Waals surface area contributed by atoms with Gasteiger partial charge in [0.15, 0.2) is 6.29 Å². The van der Waals surface area contributed by atoms with Gasteiger partial charge < -0.3 is 10.5 Å². The smallest absolute Gasteiger partial charge is 0.417 e. The highest BCUT2D eigenvalue weighted by Gasteiger charge is 2.37. The monoisotopic (exact) mass is 362 g/mol. The minimum Gasteiger partial charge on any atom is -0.480 e. The van der Waals surface area contributed by atoms with Crippen molar-refractivity contribution in [3.05, 3.63) is 51.9 Å². The first-order chi connectivity index (χ1) is 11.6. The maximum atomic E-state index is 14.1. The fourth-order valence-electron chi connectivity index (χ4n) is 2.25. The van der Waals surface area contributed by atoms with Crippen molar-refractivity contribution in [3.8, 4) is 0 Å². The number of benzene rings is 1. The molecule has 0 saturated heterocycles. The Hall–Kier alpha value is -2.71. The van der Waals surface area contributed by atoms with E-state index in [0.29, 0.717) is 12.1 Å². The summed E-state index contributed by atoms with van der Waals surface area (Å²) in [5.41, 5.74) is 1.84. The van der Waals surface area contributed by atoms with Crippen molar-refractivity contribution >= 4 is 18.7 Å². The van der Waals surface area contributed by atoms with Crippen LogP contribution >= 0.6 is 0 Å². The lowest BCUT2D eigenvalue weighted by Gasteiger charge is -2.17. The van der Waals surface area contributed by atoms with Crippen molar-refractivity contribution in [1.82, 2.24) is 0 Å². The van der Waals surface area contributed by atoms with Gasteiger partial charge in [-0.3, -0.25) is 4.79 Å². The summed E-state index contributed by atoms with van der Waals surface area (Å²) in [6.07, 6.45) is -4.89. The summed E-state index contributed by atoms with van der Waals surface area (Å²) in [6.45, 7) is 4.02. The number of halogens is 5. The molecule has 0 fully saturated rings. The van der Waals surface area contributed by atoms with E-state index in [4.69, 9.17) is 10.5 Å². The molecule has 25 heavy (non-hydrogen) atoms. The van der Waals surface area contributed by atoms with Crippen LogP contribution in [0, 0.1) is 12.7 Å². The molecule has 136 valence electrons. The third-order valence-corrected chi connectivity index (χ3v) is 3.27. The molecule has 0 saturated carbocycles. The molecule has 1 aromatic carbocycles. The topological polar surface area (TPSA) is 64.7 Å². The Bertz CT molecular complexity index is 752. The zero-order valence-electron chi connectivity index (χ0n) is 13.4. The number of ether oxygens (including phenoxy) is 1. The lowest BCUT2D eigenvalue weighted by Crippen LogP contribution is -2.14. The second-order valence-electron chi connectivity index (χ2n) is 4.95. The summed E-state index contributed by atoms with van der Waals surface area (Å²) in [7, 11) is 1.16. The number of nitrogens with zero attached hydrogens (tertiary/aromatic N) is 1. The van der Waals surface area contributed by atoms with E-state index < -0.39 is 46.6 Å². The summed E-state index contributed by atoms with van der Waals surface area (Å²) >= 11 is 0. The van der Waals surface area contributed by atoms with Crippen molar-refractivity contribution in [3.63, 3.8) is 0 Å². The van der Waals surface area contributed by atoms with E-state index in [2.05, 4.69) is 11.7 Å². The number of hydrogen-bond acceptors (Lipinski definition) is 4. The van der Waals surface area contributed by atoms with Gasteiger partial charge in [-0.15, -0.1) is 0 Å². The second kappa shape index (κ2) is 7.91. The number of anilines is 1. The zero-order valence-corrected chi connectivity index (χ0v) is 13.4. The van der Waals surface area contributed by atoms with Gasteiger partial charge in [-0.1, -0.05) is 0 Å². The number of carbonyl (C=O) groups excluding carboxylic acids is 1. The van der Waals surface area contributed by atoms with Gasteiger partial charge in [0.1, 0.15) is 11.6 Å². The lowest BCUT2D eigenvalue weighted by atomic mass is 9.96. The average Bonchev–Trinajstić information content (AvgIpc) is 2.51. The first-order valence-electron chi connectivity index (χ1n) is 6.77. The highest BCUT2D eigenvalue weighted by atomic mass is 19.4. The molecular weight excluding hydrogens is 347 g/mol. The number of nitrogen functional groups attached to an aromatic ring is 1. The Morgan fingerprint density at radius 3 is 2.48 bits per heavy atom. The molecule has 2 N–H and O–H groups in total. The number of hydrogen-bond donors (Lipinski definition) is 1. The molecule has 0 heterocycles. The molecule has 0 spiro atoms. The minimum absolute atomic E-state index is 0.210. The van der Waals surface area contributed by atoms with Gasteiger partial charge >= 0.3 is 6.18 Å². The number of aldehydes is 1. The molecule has 1 rings (SSSR count). The van der Waals surface area contributed by atoms with E-state index in [9.17, 15) is 26.7 Å². The van der Waals surface area contributed by atoms with Gasteiger partial charge in [-0.25, -0.2) is 13.8 Å². The molecule has 0 unspecified atom stereocenters. The first-order valence-corrected chi connectivity index (χ1v) is 6.77. The third kappa shape index (κ3) is 4.65. The summed E-state index contributed by atoms with van der Waals surface area (Å²) in [5, 5.41) is 0. The number of alkyl halides is 3. The van der Waals surface area contributed by atoms with Gasteiger partial charge in [0.25, 0.3) is 0 Å². The van der Waals surface area contributed by atoms with Crippen LogP contribution in [-0.2, 0) is 22.1 Å². The Labute approximate surface area is 140 Å². The normalized spacial score (nSPS) is 13.3. The molecule has 0 atom stereocenters. The summed E-state index contributed by atoms with van der Waals surface area (Å²) in [4.78, 5) is 14.3. The molecule has 4 nitrogen and oxygen atoms in total. The molecule has 9 heteroatoms. The van der Waals surface area contributed by atoms with Crippen molar-refractivity contribution in [2.75, 3.05) is 12.8 Å². The maximum Gasteiger partial charge on any atom is 0.417 e. The maximum absolute atomic E-state index is 14.1. The van der Waals surface area contributed by atoms with E-state index in [-0.39, 0.29) is 17.7 Å². The van der Waals surface area contributed by atoms with Crippen LogP contribution in [0.5, 0.6) is 0 Å². The molecular formula is C16H15F5N2O2. The average molecular weight is 362 g/mol. The van der Waals surface area contributed by atoms with Crippen molar-refractivity contribution in [2.45, 2.75) is 19.5 Å². The lowest BCUT2D eigenvalue weighted by molar-refractivity contribution is -0.138. The van der Waals surface area contributed by atoms with Crippen LogP contribution in [-0.4, -0.2) is 20.1 Å². The SMILES string of the molecule is C=N/C(OC)=C(C=O)\C=C(\F)Cc1cc(N)c(F)c(C)c1C(F)(F)F. The molecule has 0 radical (unpaired) electrons. The number of carbonyl (C=O) groups is 1. The molecule has 0 aliphatic rings. The van der Waals surface area contributed by atoms with E-state index in [0.717, 1.165) is 14.0 Å². The minimum atomic E-state index is -4.90. The largest absolute Gasteiger partial charge is 0.480 e.